The molecule has 146 valence electrons. The predicted molar refractivity (Wildman–Crippen MR) is 109 cm³/mol. The Morgan fingerprint density at radius 2 is 1.90 bits per heavy atom. The van der Waals surface area contributed by atoms with Crippen LogP contribution in [0, 0.1) is 20.8 Å². The van der Waals surface area contributed by atoms with Crippen molar-refractivity contribution in [2.75, 3.05) is 0 Å². The van der Waals surface area contributed by atoms with Gasteiger partial charge in [0, 0.05) is 25.2 Å². The van der Waals surface area contributed by atoms with Crippen LogP contribution in [0.2, 0.25) is 0 Å². The van der Waals surface area contributed by atoms with E-state index in [9.17, 15) is 4.79 Å². The summed E-state index contributed by atoms with van der Waals surface area (Å²) in [6, 6.07) is 15.7. The summed E-state index contributed by atoms with van der Waals surface area (Å²) >= 11 is 0. The molecule has 0 radical (unpaired) electrons. The second-order valence-electron chi connectivity index (χ2n) is 6.88. The predicted octanol–water partition coefficient (Wildman–Crippen LogP) is 3.78. The van der Waals surface area contributed by atoms with Gasteiger partial charge >= 0.3 is 0 Å². The van der Waals surface area contributed by atoms with E-state index in [4.69, 9.17) is 4.52 Å². The van der Waals surface area contributed by atoms with Crippen molar-refractivity contribution in [3.8, 4) is 17.1 Å². The maximum Gasteiger partial charge on any atom is 0.255 e. The van der Waals surface area contributed by atoms with Gasteiger partial charge < -0.3 is 9.84 Å². The number of nitrogens with one attached hydrogen (secondary N) is 1. The first-order valence-corrected chi connectivity index (χ1v) is 9.31. The third kappa shape index (κ3) is 3.94. The van der Waals surface area contributed by atoms with Crippen molar-refractivity contribution >= 4 is 5.91 Å². The molecule has 0 aliphatic heterocycles. The fraction of sp³-hybridized carbons (Fsp3) is 0.182. The normalized spacial score (nSPS) is 10.9. The number of carbonyl (C=O) groups excluding carboxylic acids is 1. The Bertz CT molecular complexity index is 1160. The summed E-state index contributed by atoms with van der Waals surface area (Å²) in [5, 5.41) is 11.5. The van der Waals surface area contributed by atoms with Gasteiger partial charge in [-0.25, -0.2) is 4.68 Å². The number of carbonyl (C=O) groups is 1. The maximum absolute atomic E-state index is 12.7. The van der Waals surface area contributed by atoms with Crippen molar-refractivity contribution in [1.29, 1.82) is 0 Å². The summed E-state index contributed by atoms with van der Waals surface area (Å²) in [6.07, 6.45) is 1.75. The molecule has 0 bridgehead atoms. The van der Waals surface area contributed by atoms with Crippen LogP contribution in [-0.2, 0) is 6.54 Å². The summed E-state index contributed by atoms with van der Waals surface area (Å²) in [5.74, 6) is 0.878. The van der Waals surface area contributed by atoms with E-state index in [-0.39, 0.29) is 5.91 Å². The zero-order valence-electron chi connectivity index (χ0n) is 16.5. The lowest BCUT2D eigenvalue weighted by Gasteiger charge is -2.07. The summed E-state index contributed by atoms with van der Waals surface area (Å²) < 4.78 is 6.80. The summed E-state index contributed by atoms with van der Waals surface area (Å²) in [6.45, 7) is 6.04. The molecule has 29 heavy (non-hydrogen) atoms. The molecule has 0 aliphatic rings. The van der Waals surface area contributed by atoms with Crippen LogP contribution in [-0.4, -0.2) is 25.8 Å². The van der Waals surface area contributed by atoms with Gasteiger partial charge in [0.25, 0.3) is 5.91 Å². The van der Waals surface area contributed by atoms with Crippen molar-refractivity contribution in [2.45, 2.75) is 27.3 Å². The summed E-state index contributed by atoms with van der Waals surface area (Å²) in [7, 11) is 0. The molecule has 4 aromatic rings. The molecule has 0 spiro atoms. The number of hydrogen-bond acceptors (Lipinski definition) is 5. The molecule has 4 rings (SSSR count). The second-order valence-corrected chi connectivity index (χ2v) is 6.88. The van der Waals surface area contributed by atoms with E-state index in [0.29, 0.717) is 29.5 Å². The monoisotopic (exact) mass is 387 g/mol. The Balaban J connectivity index is 1.59. The largest absolute Gasteiger partial charge is 0.348 e. The molecule has 2 aromatic carbocycles. The van der Waals surface area contributed by atoms with Crippen molar-refractivity contribution in [2.24, 2.45) is 0 Å². The SMILES string of the molecule is Cc1nc(-c2ccc(C)c(-n3cc(C(=O)NCc4ccccc4)c(C)n3)c2)no1. The van der Waals surface area contributed by atoms with Gasteiger partial charge in [-0.1, -0.05) is 47.6 Å². The zero-order valence-corrected chi connectivity index (χ0v) is 16.5. The van der Waals surface area contributed by atoms with Crippen LogP contribution in [0.25, 0.3) is 17.1 Å². The lowest BCUT2D eigenvalue weighted by Crippen LogP contribution is -2.23. The van der Waals surface area contributed by atoms with E-state index in [2.05, 4.69) is 20.6 Å². The molecule has 0 aliphatic carbocycles. The van der Waals surface area contributed by atoms with Gasteiger partial charge in [-0.2, -0.15) is 10.1 Å². The highest BCUT2D eigenvalue weighted by atomic mass is 16.5. The minimum atomic E-state index is -0.153. The molecular weight excluding hydrogens is 366 g/mol. The van der Waals surface area contributed by atoms with Crippen LogP contribution in [0.4, 0.5) is 0 Å². The standard InChI is InChI=1S/C22H21N5O2/c1-14-9-10-18(21-24-16(3)29-26-21)11-20(14)27-13-19(15(2)25-27)22(28)23-12-17-7-5-4-6-8-17/h4-11,13H,12H2,1-3H3,(H,23,28). The van der Waals surface area contributed by atoms with Gasteiger partial charge in [-0.3, -0.25) is 4.79 Å². The Labute approximate surface area is 168 Å². The number of hydrogen-bond donors (Lipinski definition) is 1. The Morgan fingerprint density at radius 3 is 2.62 bits per heavy atom. The maximum atomic E-state index is 12.7. The van der Waals surface area contributed by atoms with Gasteiger partial charge in [0.2, 0.25) is 11.7 Å². The van der Waals surface area contributed by atoms with Gasteiger partial charge in [-0.05, 0) is 31.0 Å². The average molecular weight is 387 g/mol. The van der Waals surface area contributed by atoms with Gasteiger partial charge in [0.15, 0.2) is 0 Å². The molecule has 2 aromatic heterocycles. The summed E-state index contributed by atoms with van der Waals surface area (Å²) in [5.41, 5.74) is 4.95. The molecule has 2 heterocycles. The number of aromatic nitrogens is 4. The van der Waals surface area contributed by atoms with Gasteiger partial charge in [-0.15, -0.1) is 0 Å². The fourth-order valence-electron chi connectivity index (χ4n) is 3.09. The van der Waals surface area contributed by atoms with Crippen LogP contribution in [0.15, 0.2) is 59.3 Å². The third-order valence-corrected chi connectivity index (χ3v) is 4.68. The van der Waals surface area contributed by atoms with E-state index < -0.39 is 0 Å². The molecule has 7 heteroatoms. The topological polar surface area (TPSA) is 85.8 Å². The van der Waals surface area contributed by atoms with Crippen LogP contribution in [0.3, 0.4) is 0 Å². The third-order valence-electron chi connectivity index (χ3n) is 4.68. The van der Waals surface area contributed by atoms with Gasteiger partial charge in [0.1, 0.15) is 0 Å². The number of benzene rings is 2. The minimum absolute atomic E-state index is 0.153. The number of nitrogens with zero attached hydrogens (tertiary/aromatic N) is 4. The first kappa shape index (κ1) is 18.6. The quantitative estimate of drug-likeness (QED) is 0.563. The van der Waals surface area contributed by atoms with Crippen LogP contribution in [0.1, 0.15) is 33.1 Å². The zero-order chi connectivity index (χ0) is 20.4. The molecular formula is C22H21N5O2. The number of rotatable bonds is 5. The second kappa shape index (κ2) is 7.71. The van der Waals surface area contributed by atoms with E-state index >= 15 is 0 Å². The molecule has 7 nitrogen and oxygen atoms in total. The van der Waals surface area contributed by atoms with Gasteiger partial charge in [0.05, 0.1) is 16.9 Å². The fourth-order valence-corrected chi connectivity index (χ4v) is 3.09. The lowest BCUT2D eigenvalue weighted by molar-refractivity contribution is 0.0950. The average Bonchev–Trinajstić information content (AvgIpc) is 3.33. The molecule has 0 unspecified atom stereocenters. The molecule has 0 saturated carbocycles. The molecule has 1 amide bonds. The first-order chi connectivity index (χ1) is 14.0. The molecule has 1 N–H and O–H groups in total. The Kier molecular flexibility index (Phi) is 4.95. The highest BCUT2D eigenvalue weighted by molar-refractivity contribution is 5.95. The number of amides is 1. The van der Waals surface area contributed by atoms with Crippen molar-refractivity contribution in [3.63, 3.8) is 0 Å². The van der Waals surface area contributed by atoms with Crippen molar-refractivity contribution < 1.29 is 9.32 Å². The van der Waals surface area contributed by atoms with E-state index in [1.54, 1.807) is 17.8 Å². The minimum Gasteiger partial charge on any atom is -0.348 e. The smallest absolute Gasteiger partial charge is 0.255 e. The highest BCUT2D eigenvalue weighted by Gasteiger charge is 2.16. The summed E-state index contributed by atoms with van der Waals surface area (Å²) in [4.78, 5) is 16.9. The lowest BCUT2D eigenvalue weighted by atomic mass is 10.1. The van der Waals surface area contributed by atoms with E-state index in [1.807, 2.05) is 62.4 Å². The van der Waals surface area contributed by atoms with Crippen LogP contribution in [0.5, 0.6) is 0 Å². The molecule has 0 atom stereocenters. The Hall–Kier alpha value is -3.74. The molecule has 0 saturated heterocycles. The van der Waals surface area contributed by atoms with E-state index in [0.717, 1.165) is 22.4 Å². The van der Waals surface area contributed by atoms with Crippen LogP contribution >= 0.6 is 0 Å². The van der Waals surface area contributed by atoms with Crippen molar-refractivity contribution in [1.82, 2.24) is 25.2 Å². The molecule has 0 fully saturated rings. The van der Waals surface area contributed by atoms with E-state index in [1.165, 1.54) is 0 Å². The first-order valence-electron chi connectivity index (χ1n) is 9.31. The highest BCUT2D eigenvalue weighted by Crippen LogP contribution is 2.23. The van der Waals surface area contributed by atoms with Crippen molar-refractivity contribution in [3.05, 3.63) is 83.0 Å². The number of aryl methyl sites for hydroxylation is 3. The van der Waals surface area contributed by atoms with Crippen LogP contribution < -0.4 is 5.32 Å². The Morgan fingerprint density at radius 1 is 1.10 bits per heavy atom.